The van der Waals surface area contributed by atoms with Crippen LogP contribution in [0.3, 0.4) is 0 Å². The van der Waals surface area contributed by atoms with Gasteiger partial charge in [0.1, 0.15) is 24.2 Å². The van der Waals surface area contributed by atoms with Crippen LogP contribution in [0.15, 0.2) is 6.33 Å². The van der Waals surface area contributed by atoms with Gasteiger partial charge in [0.25, 0.3) is 5.91 Å². The van der Waals surface area contributed by atoms with Gasteiger partial charge in [-0.2, -0.15) is 0 Å². The number of phosphoric acid groups is 1. The van der Waals surface area contributed by atoms with Crippen LogP contribution < -0.4 is 11.1 Å². The molecule has 1 unspecified atom stereocenters. The van der Waals surface area contributed by atoms with E-state index in [1.807, 2.05) is 5.32 Å². The second-order valence-electron chi connectivity index (χ2n) is 6.07. The van der Waals surface area contributed by atoms with E-state index in [-0.39, 0.29) is 12.2 Å². The van der Waals surface area contributed by atoms with Crippen molar-refractivity contribution in [1.82, 2.24) is 14.9 Å². The fraction of sp³-hybridized carbons (Fsp3) is 0.538. The molecule has 2 heterocycles. The number of nitrogens with one attached hydrogen (secondary N) is 1. The highest BCUT2D eigenvalue weighted by molar-refractivity contribution is 7.46. The molecule has 0 bridgehead atoms. The summed E-state index contributed by atoms with van der Waals surface area (Å²) in [5.74, 6) is -4.28. The van der Waals surface area contributed by atoms with Crippen molar-refractivity contribution in [3.05, 3.63) is 12.0 Å². The minimum atomic E-state index is -4.76. The topological polar surface area (TPSA) is 244 Å². The van der Waals surface area contributed by atoms with E-state index in [0.29, 0.717) is 0 Å². The summed E-state index contributed by atoms with van der Waals surface area (Å²) >= 11 is 0. The number of carboxylic acid groups (broad SMARTS) is 2. The zero-order valence-corrected chi connectivity index (χ0v) is 15.5. The number of amides is 1. The van der Waals surface area contributed by atoms with Crippen molar-refractivity contribution in [3.8, 4) is 0 Å². The first-order valence-corrected chi connectivity index (χ1v) is 9.53. The number of ether oxygens (including phenoxy) is 1. The Morgan fingerprint density at radius 1 is 1.41 bits per heavy atom. The number of nitrogens with two attached hydrogens (primary N) is 1. The zero-order valence-electron chi connectivity index (χ0n) is 14.6. The largest absolute Gasteiger partial charge is 0.481 e. The summed E-state index contributed by atoms with van der Waals surface area (Å²) in [4.78, 5) is 55.1. The van der Waals surface area contributed by atoms with E-state index in [1.165, 1.54) is 0 Å². The summed E-state index contributed by atoms with van der Waals surface area (Å²) in [7, 11) is -4.76. The minimum absolute atomic E-state index is 0.0619. The van der Waals surface area contributed by atoms with Crippen molar-refractivity contribution in [2.75, 3.05) is 12.3 Å². The molecule has 0 radical (unpaired) electrons. The SMILES string of the molecule is Nc1c(C(=O)NC(CC(=O)O)C(=O)O)ncn1[C@H]1C[C@@H](O)[C@@H](COP(=O)(O)O)O1. The molecule has 1 aromatic heterocycles. The maximum Gasteiger partial charge on any atom is 0.469 e. The van der Waals surface area contributed by atoms with E-state index in [1.54, 1.807) is 0 Å². The van der Waals surface area contributed by atoms with Crippen LogP contribution in [0.5, 0.6) is 0 Å². The number of nitrogens with zero attached hydrogens (tertiary/aromatic N) is 2. The number of aromatic nitrogens is 2. The van der Waals surface area contributed by atoms with Crippen LogP contribution in [0.2, 0.25) is 0 Å². The maximum absolute atomic E-state index is 12.2. The number of aliphatic hydroxyl groups is 1. The van der Waals surface area contributed by atoms with Crippen LogP contribution in [-0.2, 0) is 23.4 Å². The van der Waals surface area contributed by atoms with Crippen LogP contribution in [0.25, 0.3) is 0 Å². The molecule has 0 aromatic carbocycles. The standard InChI is InChI=1S/C13H19N4O11P/c14-11-10(12(21)16-5(13(22)23)1-9(19)20)15-4-17(11)8-2-6(18)7(28-8)3-27-29(24,25)26/h4-8,18H,1-3,14H2,(H,16,21)(H,19,20)(H,22,23)(H2,24,25,26)/t5?,6-,7-,8-/m1/s1. The van der Waals surface area contributed by atoms with Gasteiger partial charge in [-0.3, -0.25) is 18.7 Å². The predicted molar refractivity (Wildman–Crippen MR) is 90.3 cm³/mol. The van der Waals surface area contributed by atoms with Gasteiger partial charge < -0.3 is 40.9 Å². The van der Waals surface area contributed by atoms with Gasteiger partial charge in [-0.1, -0.05) is 0 Å². The smallest absolute Gasteiger partial charge is 0.469 e. The molecular formula is C13H19N4O11P. The van der Waals surface area contributed by atoms with E-state index >= 15 is 0 Å². The third-order valence-corrected chi connectivity index (χ3v) is 4.44. The van der Waals surface area contributed by atoms with Gasteiger partial charge >= 0.3 is 19.8 Å². The van der Waals surface area contributed by atoms with Crippen molar-refractivity contribution in [2.24, 2.45) is 0 Å². The summed E-state index contributed by atoms with van der Waals surface area (Å²) in [6, 6.07) is -1.71. The number of hydrogen-bond donors (Lipinski definition) is 7. The second kappa shape index (κ2) is 8.86. The molecule has 0 spiro atoms. The Morgan fingerprint density at radius 2 is 2.07 bits per heavy atom. The van der Waals surface area contributed by atoms with E-state index in [9.17, 15) is 24.1 Å². The second-order valence-corrected chi connectivity index (χ2v) is 7.31. The molecule has 1 amide bonds. The highest BCUT2D eigenvalue weighted by atomic mass is 31.2. The average molecular weight is 438 g/mol. The van der Waals surface area contributed by atoms with Crippen molar-refractivity contribution in [2.45, 2.75) is 37.3 Å². The van der Waals surface area contributed by atoms with Gasteiger partial charge in [-0.15, -0.1) is 0 Å². The Hall–Kier alpha value is -2.55. The Kier molecular flexibility index (Phi) is 6.94. The predicted octanol–water partition coefficient (Wildman–Crippen LogP) is -2.12. The first kappa shape index (κ1) is 22.7. The monoisotopic (exact) mass is 438 g/mol. The number of hydrogen-bond acceptors (Lipinski definition) is 9. The molecule has 1 aliphatic heterocycles. The number of carbonyl (C=O) groups is 3. The van der Waals surface area contributed by atoms with Gasteiger partial charge in [0.05, 0.1) is 25.5 Å². The van der Waals surface area contributed by atoms with E-state index in [2.05, 4.69) is 9.51 Å². The first-order chi connectivity index (χ1) is 13.4. The molecule has 162 valence electrons. The lowest BCUT2D eigenvalue weighted by atomic mass is 10.2. The van der Waals surface area contributed by atoms with Gasteiger partial charge in [0.15, 0.2) is 5.69 Å². The Balaban J connectivity index is 2.08. The fourth-order valence-electron chi connectivity index (χ4n) is 2.58. The normalized spacial score (nSPS) is 22.9. The van der Waals surface area contributed by atoms with Crippen LogP contribution in [0.1, 0.15) is 29.6 Å². The average Bonchev–Trinajstić information content (AvgIpc) is 3.13. The number of rotatable bonds is 9. The number of nitrogen functional groups attached to an aromatic ring is 1. The van der Waals surface area contributed by atoms with Crippen LogP contribution in [0.4, 0.5) is 5.82 Å². The lowest BCUT2D eigenvalue weighted by Gasteiger charge is -2.17. The van der Waals surface area contributed by atoms with Crippen molar-refractivity contribution in [3.63, 3.8) is 0 Å². The quantitative estimate of drug-likeness (QED) is 0.204. The number of anilines is 1. The Labute approximate surface area is 162 Å². The van der Waals surface area contributed by atoms with Crippen LogP contribution in [0, 0.1) is 0 Å². The van der Waals surface area contributed by atoms with Gasteiger partial charge in [-0.25, -0.2) is 14.3 Å². The molecule has 15 nitrogen and oxygen atoms in total. The Bertz CT molecular complexity index is 837. The van der Waals surface area contributed by atoms with Crippen molar-refractivity contribution < 1.29 is 53.3 Å². The molecule has 4 atom stereocenters. The zero-order chi connectivity index (χ0) is 21.9. The first-order valence-electron chi connectivity index (χ1n) is 8.00. The molecular weight excluding hydrogens is 419 g/mol. The number of aliphatic carboxylic acids is 2. The third-order valence-electron chi connectivity index (χ3n) is 3.95. The highest BCUT2D eigenvalue weighted by Gasteiger charge is 2.38. The van der Waals surface area contributed by atoms with Gasteiger partial charge in [0.2, 0.25) is 0 Å². The summed E-state index contributed by atoms with van der Waals surface area (Å²) < 4.78 is 21.6. The molecule has 16 heteroatoms. The number of aliphatic hydroxyl groups excluding tert-OH is 1. The van der Waals surface area contributed by atoms with Crippen LogP contribution in [-0.4, -0.2) is 77.4 Å². The Morgan fingerprint density at radius 3 is 2.62 bits per heavy atom. The van der Waals surface area contributed by atoms with Gasteiger partial charge in [-0.05, 0) is 0 Å². The number of carboxylic acids is 2. The summed E-state index contributed by atoms with van der Waals surface area (Å²) in [5, 5.41) is 29.6. The molecule has 2 rings (SSSR count). The lowest BCUT2D eigenvalue weighted by Crippen LogP contribution is -2.42. The number of imidazole rings is 1. The van der Waals surface area contributed by atoms with E-state index in [0.717, 1.165) is 10.9 Å². The summed E-state index contributed by atoms with van der Waals surface area (Å²) in [5.41, 5.74) is 5.44. The highest BCUT2D eigenvalue weighted by Crippen LogP contribution is 2.38. The molecule has 1 aliphatic rings. The molecule has 29 heavy (non-hydrogen) atoms. The number of carbonyl (C=O) groups excluding carboxylic acids is 1. The fourth-order valence-corrected chi connectivity index (χ4v) is 2.92. The molecule has 8 N–H and O–H groups in total. The molecule has 1 saturated heterocycles. The molecule has 0 aliphatic carbocycles. The maximum atomic E-state index is 12.2. The molecule has 1 aromatic rings. The lowest BCUT2D eigenvalue weighted by molar-refractivity contribution is -0.145. The van der Waals surface area contributed by atoms with Crippen molar-refractivity contribution >= 4 is 31.5 Å². The van der Waals surface area contributed by atoms with Crippen LogP contribution >= 0.6 is 7.82 Å². The van der Waals surface area contributed by atoms with E-state index in [4.69, 9.17) is 30.5 Å². The molecule has 0 saturated carbocycles. The summed E-state index contributed by atoms with van der Waals surface area (Å²) in [6.07, 6.45) is -3.02. The third kappa shape index (κ3) is 5.96. The minimum Gasteiger partial charge on any atom is -0.481 e. The number of phosphoric ester groups is 1. The van der Waals surface area contributed by atoms with Gasteiger partial charge in [0, 0.05) is 6.42 Å². The molecule has 1 fully saturated rings. The van der Waals surface area contributed by atoms with Crippen molar-refractivity contribution in [1.29, 1.82) is 0 Å². The summed E-state index contributed by atoms with van der Waals surface area (Å²) in [6.45, 7) is -0.598. The van der Waals surface area contributed by atoms with E-state index < -0.39 is 68.9 Å².